The first-order chi connectivity index (χ1) is 13.7. The summed E-state index contributed by atoms with van der Waals surface area (Å²) in [5.74, 6) is -1.32. The van der Waals surface area contributed by atoms with E-state index in [-0.39, 0.29) is 6.04 Å². The zero-order valence-corrected chi connectivity index (χ0v) is 17.1. The maximum Gasteiger partial charge on any atom is 0.321 e. The molecule has 2 aromatic carbocycles. The van der Waals surface area contributed by atoms with Gasteiger partial charge < -0.3 is 10.1 Å². The predicted octanol–water partition coefficient (Wildman–Crippen LogP) is 2.31. The van der Waals surface area contributed by atoms with Crippen LogP contribution in [-0.2, 0) is 24.3 Å². The van der Waals surface area contributed by atoms with Crippen LogP contribution in [0.5, 0.6) is 0 Å². The highest BCUT2D eigenvalue weighted by atomic mass is 32.2. The second-order valence-electron chi connectivity index (χ2n) is 6.44. The average Bonchev–Trinajstić information content (AvgIpc) is 2.71. The minimum atomic E-state index is -3.81. The molecule has 0 radical (unpaired) electrons. The molecule has 0 bridgehead atoms. The van der Waals surface area contributed by atoms with Gasteiger partial charge in [-0.05, 0) is 31.1 Å². The summed E-state index contributed by atoms with van der Waals surface area (Å²) >= 11 is 0. The van der Waals surface area contributed by atoms with Crippen LogP contribution in [0.2, 0.25) is 0 Å². The van der Waals surface area contributed by atoms with Crippen LogP contribution in [0.3, 0.4) is 0 Å². The third kappa shape index (κ3) is 8.28. The van der Waals surface area contributed by atoms with Crippen molar-refractivity contribution in [2.24, 2.45) is 0 Å². The molecule has 1 atom stereocenters. The fourth-order valence-electron chi connectivity index (χ4n) is 2.36. The highest BCUT2D eigenvalue weighted by Crippen LogP contribution is 2.10. The third-order valence-corrected chi connectivity index (χ3v) is 5.02. The van der Waals surface area contributed by atoms with Crippen molar-refractivity contribution in [2.75, 3.05) is 13.2 Å². The Morgan fingerprint density at radius 3 is 2.38 bits per heavy atom. The van der Waals surface area contributed by atoms with E-state index in [0.29, 0.717) is 5.56 Å². The number of carbonyl (C=O) groups is 2. The molecule has 2 rings (SSSR count). The number of amides is 1. The molecule has 0 fully saturated rings. The van der Waals surface area contributed by atoms with E-state index in [1.54, 1.807) is 12.1 Å². The number of carbonyl (C=O) groups excluding carboxylic acids is 2. The van der Waals surface area contributed by atoms with E-state index in [2.05, 4.69) is 10.0 Å². The maximum atomic E-state index is 11.9. The van der Waals surface area contributed by atoms with Crippen LogP contribution in [0.1, 0.15) is 29.7 Å². The Morgan fingerprint density at radius 2 is 1.72 bits per heavy atom. The summed E-state index contributed by atoms with van der Waals surface area (Å²) in [6.45, 7) is 2.68. The van der Waals surface area contributed by atoms with Crippen LogP contribution in [0.4, 0.5) is 0 Å². The number of esters is 1. The van der Waals surface area contributed by atoms with Crippen molar-refractivity contribution >= 4 is 28.0 Å². The number of aryl methyl sites for hydroxylation is 1. The van der Waals surface area contributed by atoms with Crippen molar-refractivity contribution in [1.29, 1.82) is 0 Å². The van der Waals surface area contributed by atoms with Gasteiger partial charge in [0, 0.05) is 5.41 Å². The van der Waals surface area contributed by atoms with Crippen LogP contribution in [0.15, 0.2) is 60.0 Å². The Bertz CT molecular complexity index is 954. The number of nitrogens with one attached hydrogen (secondary N) is 2. The summed E-state index contributed by atoms with van der Waals surface area (Å²) < 4.78 is 30.8. The van der Waals surface area contributed by atoms with Crippen molar-refractivity contribution in [3.63, 3.8) is 0 Å². The molecule has 1 unspecified atom stereocenters. The summed E-state index contributed by atoms with van der Waals surface area (Å²) in [6, 6.07) is 16.4. The Labute approximate surface area is 170 Å². The zero-order valence-electron chi connectivity index (χ0n) is 16.3. The highest BCUT2D eigenvalue weighted by Gasteiger charge is 2.13. The van der Waals surface area contributed by atoms with Crippen LogP contribution < -0.4 is 10.0 Å². The van der Waals surface area contributed by atoms with Gasteiger partial charge in [0.25, 0.3) is 5.91 Å². The minimum Gasteiger partial charge on any atom is -0.455 e. The van der Waals surface area contributed by atoms with Crippen molar-refractivity contribution in [3.8, 4) is 0 Å². The number of ether oxygens (including phenoxy) is 1. The molecule has 0 aliphatic heterocycles. The van der Waals surface area contributed by atoms with Gasteiger partial charge in [0.15, 0.2) is 6.61 Å². The Morgan fingerprint density at radius 1 is 1.07 bits per heavy atom. The van der Waals surface area contributed by atoms with E-state index >= 15 is 0 Å². The SMILES string of the molecule is Cc1ccc(/C=C/S(=O)(=O)NCC(=O)OCC(=O)NC(C)c2ccccc2)cc1. The molecule has 0 saturated carbocycles. The molecule has 0 aliphatic carbocycles. The second kappa shape index (κ2) is 10.5. The largest absolute Gasteiger partial charge is 0.455 e. The fraction of sp³-hybridized carbons (Fsp3) is 0.238. The predicted molar refractivity (Wildman–Crippen MR) is 111 cm³/mol. The standard InChI is InChI=1S/C21H24N2O5S/c1-16-8-10-18(11-9-16)12-13-29(26,27)22-14-21(25)28-15-20(24)23-17(2)19-6-4-3-5-7-19/h3-13,17,22H,14-15H2,1-2H3,(H,23,24)/b13-12+. The molecule has 0 aliphatic rings. The highest BCUT2D eigenvalue weighted by molar-refractivity contribution is 7.92. The molecular weight excluding hydrogens is 392 g/mol. The van der Waals surface area contributed by atoms with E-state index in [9.17, 15) is 18.0 Å². The molecule has 0 aromatic heterocycles. The van der Waals surface area contributed by atoms with E-state index in [1.807, 2.05) is 56.3 Å². The molecular formula is C21H24N2O5S. The van der Waals surface area contributed by atoms with Gasteiger partial charge in [-0.15, -0.1) is 0 Å². The molecule has 29 heavy (non-hydrogen) atoms. The van der Waals surface area contributed by atoms with Crippen molar-refractivity contribution in [2.45, 2.75) is 19.9 Å². The molecule has 8 heteroatoms. The summed E-state index contributed by atoms with van der Waals surface area (Å²) in [6.07, 6.45) is 1.42. The Balaban J connectivity index is 1.74. The Kier molecular flexibility index (Phi) is 8.11. The van der Waals surface area contributed by atoms with E-state index in [4.69, 9.17) is 4.74 Å². The maximum absolute atomic E-state index is 11.9. The molecule has 154 valence electrons. The van der Waals surface area contributed by atoms with Gasteiger partial charge in [-0.25, -0.2) is 13.1 Å². The first-order valence-corrected chi connectivity index (χ1v) is 10.5. The van der Waals surface area contributed by atoms with E-state index in [1.165, 1.54) is 6.08 Å². The summed E-state index contributed by atoms with van der Waals surface area (Å²) in [5, 5.41) is 3.67. The van der Waals surface area contributed by atoms with Gasteiger partial charge in [-0.1, -0.05) is 60.2 Å². The van der Waals surface area contributed by atoms with Crippen LogP contribution in [-0.4, -0.2) is 33.4 Å². The van der Waals surface area contributed by atoms with Crippen LogP contribution in [0.25, 0.3) is 6.08 Å². The van der Waals surface area contributed by atoms with Gasteiger partial charge >= 0.3 is 5.97 Å². The molecule has 7 nitrogen and oxygen atoms in total. The van der Waals surface area contributed by atoms with E-state index in [0.717, 1.165) is 16.5 Å². The molecule has 2 aromatic rings. The van der Waals surface area contributed by atoms with E-state index < -0.39 is 35.1 Å². The second-order valence-corrected chi connectivity index (χ2v) is 8.09. The normalized spacial score (nSPS) is 12.5. The number of sulfonamides is 1. The van der Waals surface area contributed by atoms with Gasteiger partial charge in [0.1, 0.15) is 6.54 Å². The van der Waals surface area contributed by atoms with Gasteiger partial charge in [-0.2, -0.15) is 0 Å². The van der Waals surface area contributed by atoms with Gasteiger partial charge in [0.05, 0.1) is 6.04 Å². The summed E-state index contributed by atoms with van der Waals surface area (Å²) in [7, 11) is -3.81. The number of rotatable bonds is 9. The molecule has 1 amide bonds. The molecule has 0 saturated heterocycles. The van der Waals surface area contributed by atoms with Gasteiger partial charge in [-0.3, -0.25) is 9.59 Å². The smallest absolute Gasteiger partial charge is 0.321 e. The minimum absolute atomic E-state index is 0.243. The lowest BCUT2D eigenvalue weighted by atomic mass is 10.1. The lowest BCUT2D eigenvalue weighted by Gasteiger charge is -2.14. The fourth-order valence-corrected chi connectivity index (χ4v) is 3.11. The number of hydrogen-bond donors (Lipinski definition) is 2. The molecule has 0 spiro atoms. The molecule has 0 heterocycles. The summed E-state index contributed by atoms with van der Waals surface area (Å²) in [5.41, 5.74) is 2.70. The quantitative estimate of drug-likeness (QED) is 0.611. The first-order valence-electron chi connectivity index (χ1n) is 8.99. The van der Waals surface area contributed by atoms with Gasteiger partial charge in [0.2, 0.25) is 10.0 Å². The average molecular weight is 416 g/mol. The van der Waals surface area contributed by atoms with Crippen molar-refractivity contribution in [3.05, 3.63) is 76.7 Å². The number of hydrogen-bond acceptors (Lipinski definition) is 5. The topological polar surface area (TPSA) is 102 Å². The number of benzene rings is 2. The van der Waals surface area contributed by atoms with Crippen LogP contribution >= 0.6 is 0 Å². The first kappa shape index (κ1) is 22.3. The lowest BCUT2D eigenvalue weighted by Crippen LogP contribution is -2.34. The third-order valence-electron chi connectivity index (χ3n) is 3.98. The van der Waals surface area contributed by atoms with Crippen molar-refractivity contribution < 1.29 is 22.7 Å². The summed E-state index contributed by atoms with van der Waals surface area (Å²) in [4.78, 5) is 23.6. The van der Waals surface area contributed by atoms with Crippen molar-refractivity contribution in [1.82, 2.24) is 10.0 Å². The monoisotopic (exact) mass is 416 g/mol. The van der Waals surface area contributed by atoms with Crippen LogP contribution in [0, 0.1) is 6.92 Å². The lowest BCUT2D eigenvalue weighted by molar-refractivity contribution is -0.147. The molecule has 2 N–H and O–H groups in total. The zero-order chi connectivity index (χ0) is 21.3. The Hall–Kier alpha value is -2.97.